The summed E-state index contributed by atoms with van der Waals surface area (Å²) in [5.41, 5.74) is -0.235. The first-order chi connectivity index (χ1) is 9.86. The van der Waals surface area contributed by atoms with Gasteiger partial charge in [-0.15, -0.1) is 11.8 Å². The molecule has 1 N–H and O–H groups in total. The Morgan fingerprint density at radius 3 is 2.57 bits per heavy atom. The molecule has 1 heterocycles. The molecule has 0 unspecified atom stereocenters. The molecule has 1 fully saturated rings. The first kappa shape index (κ1) is 16.6. The third-order valence-corrected chi connectivity index (χ3v) is 4.30. The van der Waals surface area contributed by atoms with Gasteiger partial charge >= 0.3 is 6.18 Å². The zero-order chi connectivity index (χ0) is 15.5. The van der Waals surface area contributed by atoms with Crippen LogP contribution in [0.3, 0.4) is 0 Å². The molecular weight excluding hydrogens is 299 g/mol. The molecule has 6 heteroatoms. The number of halogens is 3. The van der Waals surface area contributed by atoms with E-state index in [2.05, 4.69) is 5.32 Å². The number of hydrogen-bond donors (Lipinski definition) is 1. The molecule has 1 saturated heterocycles. The van der Waals surface area contributed by atoms with Crippen LogP contribution >= 0.6 is 11.8 Å². The van der Waals surface area contributed by atoms with Gasteiger partial charge < -0.3 is 10.1 Å². The van der Waals surface area contributed by atoms with Gasteiger partial charge in [0.1, 0.15) is 0 Å². The highest BCUT2D eigenvalue weighted by molar-refractivity contribution is 8.00. The third-order valence-electron chi connectivity index (χ3n) is 3.17. The van der Waals surface area contributed by atoms with Crippen molar-refractivity contribution in [1.29, 1.82) is 0 Å². The zero-order valence-corrected chi connectivity index (χ0v) is 13.0. The van der Waals surface area contributed by atoms with E-state index in [1.807, 2.05) is 13.8 Å². The van der Waals surface area contributed by atoms with E-state index in [9.17, 15) is 13.2 Å². The maximum absolute atomic E-state index is 13.2. The van der Waals surface area contributed by atoms with E-state index in [4.69, 9.17) is 4.74 Å². The van der Waals surface area contributed by atoms with Crippen LogP contribution in [0.1, 0.15) is 25.0 Å². The molecule has 1 aromatic rings. The second kappa shape index (κ2) is 7.03. The van der Waals surface area contributed by atoms with Gasteiger partial charge in [0.25, 0.3) is 0 Å². The van der Waals surface area contributed by atoms with E-state index >= 15 is 0 Å². The van der Waals surface area contributed by atoms with E-state index in [0.717, 1.165) is 0 Å². The third kappa shape index (κ3) is 4.90. The summed E-state index contributed by atoms with van der Waals surface area (Å²) in [6.45, 7) is 6.22. The highest BCUT2D eigenvalue weighted by Crippen LogP contribution is 2.36. The van der Waals surface area contributed by atoms with Crippen LogP contribution in [-0.2, 0) is 17.5 Å². The first-order valence-corrected chi connectivity index (χ1v) is 7.89. The van der Waals surface area contributed by atoms with Gasteiger partial charge in [0.05, 0.1) is 24.0 Å². The Hall–Kier alpha value is -0.720. The number of hydrogen-bond acceptors (Lipinski definition) is 3. The summed E-state index contributed by atoms with van der Waals surface area (Å²) in [6, 6.07) is 4.61. The Morgan fingerprint density at radius 1 is 1.33 bits per heavy atom. The van der Waals surface area contributed by atoms with Crippen LogP contribution in [0.5, 0.6) is 0 Å². The Bertz CT molecular complexity index is 472. The van der Waals surface area contributed by atoms with Crippen molar-refractivity contribution in [1.82, 2.24) is 5.32 Å². The Kier molecular flexibility index (Phi) is 5.57. The fraction of sp³-hybridized carbons (Fsp3) is 0.600. The van der Waals surface area contributed by atoms with Gasteiger partial charge in [-0.2, -0.15) is 13.2 Å². The minimum atomic E-state index is -4.32. The first-order valence-electron chi connectivity index (χ1n) is 7.01. The standard InChI is InChI=1S/C15H20F3NOS/c1-10(2)6-19-7-11-3-4-12(21-13-8-20-9-13)5-14(11)15(16,17)18/h3-5,10,13,19H,6-9H2,1-2H3. The summed E-state index contributed by atoms with van der Waals surface area (Å²) in [7, 11) is 0. The van der Waals surface area contributed by atoms with E-state index in [-0.39, 0.29) is 11.8 Å². The number of benzene rings is 1. The van der Waals surface area contributed by atoms with Crippen LogP contribution in [-0.4, -0.2) is 25.0 Å². The summed E-state index contributed by atoms with van der Waals surface area (Å²) < 4.78 is 44.6. The molecule has 0 atom stereocenters. The van der Waals surface area contributed by atoms with Gasteiger partial charge in [-0.25, -0.2) is 0 Å². The normalized spacial score (nSPS) is 16.3. The smallest absolute Gasteiger partial charge is 0.379 e. The van der Waals surface area contributed by atoms with Gasteiger partial charge in [0, 0.05) is 11.4 Å². The van der Waals surface area contributed by atoms with Gasteiger partial charge in [0.15, 0.2) is 0 Å². The Labute approximate surface area is 127 Å². The molecule has 1 aromatic carbocycles. The number of alkyl halides is 3. The summed E-state index contributed by atoms with van der Waals surface area (Å²) >= 11 is 1.45. The van der Waals surface area contributed by atoms with Crippen molar-refractivity contribution in [3.63, 3.8) is 0 Å². The topological polar surface area (TPSA) is 21.3 Å². The minimum Gasteiger partial charge on any atom is -0.379 e. The van der Waals surface area contributed by atoms with Gasteiger partial charge in [-0.1, -0.05) is 19.9 Å². The molecule has 2 nitrogen and oxygen atoms in total. The Morgan fingerprint density at radius 2 is 2.05 bits per heavy atom. The van der Waals surface area contributed by atoms with E-state index in [1.165, 1.54) is 17.8 Å². The summed E-state index contributed by atoms with van der Waals surface area (Å²) in [4.78, 5) is 0.656. The van der Waals surface area contributed by atoms with Crippen molar-refractivity contribution in [2.45, 2.75) is 36.7 Å². The average molecular weight is 319 g/mol. The van der Waals surface area contributed by atoms with Crippen molar-refractivity contribution >= 4 is 11.8 Å². The van der Waals surface area contributed by atoms with Crippen LogP contribution in [0, 0.1) is 5.92 Å². The van der Waals surface area contributed by atoms with Gasteiger partial charge in [-0.05, 0) is 30.2 Å². The van der Waals surface area contributed by atoms with Gasteiger partial charge in [-0.3, -0.25) is 0 Å². The number of ether oxygens (including phenoxy) is 1. The van der Waals surface area contributed by atoms with Crippen LogP contribution in [0.15, 0.2) is 23.1 Å². The highest BCUT2D eigenvalue weighted by atomic mass is 32.2. The van der Waals surface area contributed by atoms with Crippen LogP contribution in [0.4, 0.5) is 13.2 Å². The SMILES string of the molecule is CC(C)CNCc1ccc(SC2COC2)cc1C(F)(F)F. The van der Waals surface area contributed by atoms with Gasteiger partial charge in [0.2, 0.25) is 0 Å². The molecule has 0 saturated carbocycles. The largest absolute Gasteiger partial charge is 0.416 e. The lowest BCUT2D eigenvalue weighted by Gasteiger charge is -2.25. The van der Waals surface area contributed by atoms with Crippen LogP contribution in [0.25, 0.3) is 0 Å². The molecule has 0 bridgehead atoms. The molecule has 2 rings (SSSR count). The molecule has 1 aliphatic heterocycles. The molecule has 21 heavy (non-hydrogen) atoms. The minimum absolute atomic E-state index is 0.241. The molecular formula is C15H20F3NOS. The average Bonchev–Trinajstić information content (AvgIpc) is 2.33. The zero-order valence-electron chi connectivity index (χ0n) is 12.2. The van der Waals surface area contributed by atoms with Crippen molar-refractivity contribution in [2.24, 2.45) is 5.92 Å². The van der Waals surface area contributed by atoms with Crippen molar-refractivity contribution in [3.05, 3.63) is 29.3 Å². The Balaban J connectivity index is 2.11. The molecule has 0 spiro atoms. The predicted molar refractivity (Wildman–Crippen MR) is 78.5 cm³/mol. The predicted octanol–water partition coefficient (Wildman–Crippen LogP) is 3.94. The van der Waals surface area contributed by atoms with Crippen molar-refractivity contribution in [3.8, 4) is 0 Å². The quantitative estimate of drug-likeness (QED) is 0.858. The summed E-state index contributed by atoms with van der Waals surface area (Å²) in [6.07, 6.45) is -4.32. The van der Waals surface area contributed by atoms with Crippen molar-refractivity contribution in [2.75, 3.05) is 19.8 Å². The summed E-state index contributed by atoms with van der Waals surface area (Å²) in [5, 5.41) is 3.34. The van der Waals surface area contributed by atoms with Crippen LogP contribution in [0.2, 0.25) is 0 Å². The summed E-state index contributed by atoms with van der Waals surface area (Å²) in [5.74, 6) is 0.410. The van der Waals surface area contributed by atoms with Crippen molar-refractivity contribution < 1.29 is 17.9 Å². The lowest BCUT2D eigenvalue weighted by molar-refractivity contribution is -0.138. The maximum Gasteiger partial charge on any atom is 0.416 e. The lowest BCUT2D eigenvalue weighted by Crippen LogP contribution is -2.30. The molecule has 0 amide bonds. The van der Waals surface area contributed by atoms with E-state index < -0.39 is 11.7 Å². The monoisotopic (exact) mass is 319 g/mol. The second-order valence-electron chi connectivity index (χ2n) is 5.62. The highest BCUT2D eigenvalue weighted by Gasteiger charge is 2.33. The number of rotatable bonds is 6. The molecule has 1 aliphatic rings. The lowest BCUT2D eigenvalue weighted by atomic mass is 10.1. The maximum atomic E-state index is 13.2. The number of thioether (sulfide) groups is 1. The molecule has 0 aliphatic carbocycles. The van der Waals surface area contributed by atoms with E-state index in [0.29, 0.717) is 36.1 Å². The molecule has 0 radical (unpaired) electrons. The molecule has 118 valence electrons. The fourth-order valence-electron chi connectivity index (χ4n) is 2.02. The van der Waals surface area contributed by atoms with E-state index in [1.54, 1.807) is 12.1 Å². The molecule has 0 aromatic heterocycles. The van der Waals surface area contributed by atoms with Crippen LogP contribution < -0.4 is 5.32 Å². The second-order valence-corrected chi connectivity index (χ2v) is 6.99. The number of nitrogens with one attached hydrogen (secondary N) is 1. The fourth-order valence-corrected chi connectivity index (χ4v) is 3.06.